The third-order valence-electron chi connectivity index (χ3n) is 5.44. The fourth-order valence-electron chi connectivity index (χ4n) is 3.63. The average Bonchev–Trinajstić information content (AvgIpc) is 2.83. The molecule has 1 aromatic heterocycles. The highest BCUT2D eigenvalue weighted by molar-refractivity contribution is 6.30. The molecule has 7 nitrogen and oxygen atoms in total. The maximum atomic E-state index is 12.6. The molecule has 1 aliphatic heterocycles. The lowest BCUT2D eigenvalue weighted by atomic mass is 10.0. The molecule has 3 aromatic rings. The van der Waals surface area contributed by atoms with Gasteiger partial charge in [0, 0.05) is 35.4 Å². The largest absolute Gasteiger partial charge is 0.352 e. The number of pyridine rings is 1. The SMILES string of the molecule is O=C(NCCc1ccccn1)c1ccc(CN2C(=O)CC(c3ccc(Cl)cc3)NC2=O)cc1. The molecular formula is C25H23ClN4O3. The highest BCUT2D eigenvalue weighted by atomic mass is 35.5. The van der Waals surface area contributed by atoms with Crippen molar-refractivity contribution in [3.63, 3.8) is 0 Å². The summed E-state index contributed by atoms with van der Waals surface area (Å²) in [4.78, 5) is 43.0. The molecule has 0 bridgehead atoms. The quantitative estimate of drug-likeness (QED) is 0.557. The fourth-order valence-corrected chi connectivity index (χ4v) is 3.75. The standard InChI is InChI=1S/C25H23ClN4O3/c26-20-10-8-18(9-11-20)22-15-23(31)30(25(33)29-22)16-17-4-6-19(7-5-17)24(32)28-14-12-21-3-1-2-13-27-21/h1-11,13,22H,12,14-16H2,(H,28,32)(H,29,33). The summed E-state index contributed by atoms with van der Waals surface area (Å²) in [7, 11) is 0. The Bertz CT molecular complexity index is 1120. The topological polar surface area (TPSA) is 91.4 Å². The number of carbonyl (C=O) groups is 3. The Hall–Kier alpha value is -3.71. The van der Waals surface area contributed by atoms with Crippen LogP contribution in [0.3, 0.4) is 0 Å². The van der Waals surface area contributed by atoms with Crippen molar-refractivity contribution < 1.29 is 14.4 Å². The van der Waals surface area contributed by atoms with E-state index in [0.29, 0.717) is 23.6 Å². The van der Waals surface area contributed by atoms with Crippen LogP contribution in [0.15, 0.2) is 72.9 Å². The van der Waals surface area contributed by atoms with Crippen molar-refractivity contribution in [1.29, 1.82) is 0 Å². The minimum atomic E-state index is -0.442. The van der Waals surface area contributed by atoms with Gasteiger partial charge in [-0.15, -0.1) is 0 Å². The summed E-state index contributed by atoms with van der Waals surface area (Å²) in [6.07, 6.45) is 2.54. The van der Waals surface area contributed by atoms with Crippen LogP contribution in [-0.2, 0) is 17.8 Å². The zero-order valence-corrected chi connectivity index (χ0v) is 18.6. The molecule has 0 spiro atoms. The minimum Gasteiger partial charge on any atom is -0.352 e. The first-order valence-electron chi connectivity index (χ1n) is 10.6. The van der Waals surface area contributed by atoms with Gasteiger partial charge in [0.25, 0.3) is 5.91 Å². The van der Waals surface area contributed by atoms with Crippen LogP contribution in [0, 0.1) is 0 Å². The van der Waals surface area contributed by atoms with Crippen molar-refractivity contribution in [3.8, 4) is 0 Å². The first kappa shape index (κ1) is 22.5. The number of amides is 4. The van der Waals surface area contributed by atoms with Gasteiger partial charge in [0.1, 0.15) is 0 Å². The van der Waals surface area contributed by atoms with Crippen LogP contribution in [0.5, 0.6) is 0 Å². The zero-order chi connectivity index (χ0) is 23.2. The van der Waals surface area contributed by atoms with E-state index < -0.39 is 6.03 Å². The van der Waals surface area contributed by atoms with Gasteiger partial charge in [-0.05, 0) is 47.5 Å². The first-order chi connectivity index (χ1) is 16.0. The van der Waals surface area contributed by atoms with E-state index in [1.54, 1.807) is 54.7 Å². The van der Waals surface area contributed by atoms with E-state index in [1.807, 2.05) is 18.2 Å². The number of halogens is 1. The molecule has 2 heterocycles. The molecule has 1 saturated heterocycles. The fraction of sp³-hybridized carbons (Fsp3) is 0.200. The number of nitrogens with one attached hydrogen (secondary N) is 2. The summed E-state index contributed by atoms with van der Waals surface area (Å²) in [5, 5.41) is 6.34. The van der Waals surface area contributed by atoms with Crippen LogP contribution in [0.1, 0.15) is 39.6 Å². The molecule has 4 amide bonds. The Morgan fingerprint density at radius 2 is 1.82 bits per heavy atom. The smallest absolute Gasteiger partial charge is 0.324 e. The van der Waals surface area contributed by atoms with Gasteiger partial charge >= 0.3 is 6.03 Å². The number of aromatic nitrogens is 1. The second kappa shape index (κ2) is 10.3. The second-order valence-corrected chi connectivity index (χ2v) is 8.20. The highest BCUT2D eigenvalue weighted by Gasteiger charge is 2.32. The third-order valence-corrected chi connectivity index (χ3v) is 5.70. The van der Waals surface area contributed by atoms with Gasteiger partial charge in [0.15, 0.2) is 0 Å². The predicted octanol–water partition coefficient (Wildman–Crippen LogP) is 3.89. The predicted molar refractivity (Wildman–Crippen MR) is 125 cm³/mol. The van der Waals surface area contributed by atoms with Gasteiger partial charge in [-0.3, -0.25) is 19.5 Å². The van der Waals surface area contributed by atoms with Crippen LogP contribution in [-0.4, -0.2) is 34.3 Å². The van der Waals surface area contributed by atoms with E-state index in [9.17, 15) is 14.4 Å². The van der Waals surface area contributed by atoms with Gasteiger partial charge in [0.2, 0.25) is 5.91 Å². The van der Waals surface area contributed by atoms with Crippen molar-refractivity contribution in [2.75, 3.05) is 6.54 Å². The van der Waals surface area contributed by atoms with Crippen molar-refractivity contribution in [2.45, 2.75) is 25.4 Å². The van der Waals surface area contributed by atoms with E-state index in [2.05, 4.69) is 15.6 Å². The Morgan fingerprint density at radius 1 is 1.06 bits per heavy atom. The molecule has 168 valence electrons. The van der Waals surface area contributed by atoms with Crippen LogP contribution in [0.4, 0.5) is 4.79 Å². The molecule has 2 N–H and O–H groups in total. The summed E-state index contributed by atoms with van der Waals surface area (Å²) >= 11 is 5.91. The molecule has 1 aliphatic rings. The molecule has 0 radical (unpaired) electrons. The molecule has 0 saturated carbocycles. The summed E-state index contributed by atoms with van der Waals surface area (Å²) in [5.41, 5.74) is 3.01. The van der Waals surface area contributed by atoms with E-state index in [0.717, 1.165) is 16.8 Å². The molecule has 1 fully saturated rings. The molecule has 1 atom stereocenters. The number of benzene rings is 2. The van der Waals surface area contributed by atoms with Gasteiger partial charge in [0.05, 0.1) is 19.0 Å². The highest BCUT2D eigenvalue weighted by Crippen LogP contribution is 2.24. The van der Waals surface area contributed by atoms with E-state index in [1.165, 1.54) is 4.90 Å². The molecule has 2 aromatic carbocycles. The third kappa shape index (κ3) is 5.75. The summed E-state index contributed by atoms with van der Waals surface area (Å²) in [6, 6.07) is 18.8. The number of carbonyl (C=O) groups excluding carboxylic acids is 3. The average molecular weight is 463 g/mol. The van der Waals surface area contributed by atoms with E-state index >= 15 is 0 Å². The molecule has 1 unspecified atom stereocenters. The van der Waals surface area contributed by atoms with Gasteiger partial charge in [-0.2, -0.15) is 0 Å². The van der Waals surface area contributed by atoms with E-state index in [4.69, 9.17) is 11.6 Å². The van der Waals surface area contributed by atoms with Gasteiger partial charge < -0.3 is 10.6 Å². The lowest BCUT2D eigenvalue weighted by Gasteiger charge is -2.31. The van der Waals surface area contributed by atoms with Crippen molar-refractivity contribution >= 4 is 29.4 Å². The minimum absolute atomic E-state index is 0.138. The van der Waals surface area contributed by atoms with Crippen LogP contribution in [0.25, 0.3) is 0 Å². The molecular weight excluding hydrogens is 440 g/mol. The van der Waals surface area contributed by atoms with Crippen LogP contribution < -0.4 is 10.6 Å². The van der Waals surface area contributed by atoms with Crippen molar-refractivity contribution in [1.82, 2.24) is 20.5 Å². The van der Waals surface area contributed by atoms with Gasteiger partial charge in [-0.25, -0.2) is 4.79 Å². The molecule has 0 aliphatic carbocycles. The molecule has 8 heteroatoms. The Morgan fingerprint density at radius 3 is 2.48 bits per heavy atom. The number of urea groups is 1. The Balaban J connectivity index is 1.31. The van der Waals surface area contributed by atoms with E-state index in [-0.39, 0.29) is 30.8 Å². The summed E-state index contributed by atoms with van der Waals surface area (Å²) in [6.45, 7) is 0.619. The normalized spacial score (nSPS) is 15.8. The van der Waals surface area contributed by atoms with Crippen molar-refractivity contribution in [2.24, 2.45) is 0 Å². The number of hydrogen-bond acceptors (Lipinski definition) is 4. The monoisotopic (exact) mass is 462 g/mol. The first-order valence-corrected chi connectivity index (χ1v) is 11.0. The lowest BCUT2D eigenvalue weighted by Crippen LogP contribution is -2.50. The van der Waals surface area contributed by atoms with Crippen LogP contribution in [0.2, 0.25) is 5.02 Å². The number of imide groups is 1. The summed E-state index contributed by atoms with van der Waals surface area (Å²) in [5.74, 6) is -0.440. The lowest BCUT2D eigenvalue weighted by molar-refractivity contribution is -0.130. The zero-order valence-electron chi connectivity index (χ0n) is 17.8. The number of hydrogen-bond donors (Lipinski definition) is 2. The second-order valence-electron chi connectivity index (χ2n) is 7.76. The number of rotatable bonds is 7. The number of nitrogens with zero attached hydrogens (tertiary/aromatic N) is 2. The maximum Gasteiger partial charge on any atom is 0.324 e. The Kier molecular flexibility index (Phi) is 7.00. The summed E-state index contributed by atoms with van der Waals surface area (Å²) < 4.78 is 0. The van der Waals surface area contributed by atoms with Crippen LogP contribution >= 0.6 is 11.6 Å². The van der Waals surface area contributed by atoms with Gasteiger partial charge in [-0.1, -0.05) is 41.9 Å². The maximum absolute atomic E-state index is 12.6. The molecule has 33 heavy (non-hydrogen) atoms. The molecule has 4 rings (SSSR count). The van der Waals surface area contributed by atoms with Crippen molar-refractivity contribution in [3.05, 3.63) is 100 Å². The Labute approximate surface area is 196 Å².